The van der Waals surface area contributed by atoms with E-state index in [9.17, 15) is 9.59 Å². The van der Waals surface area contributed by atoms with Crippen LogP contribution in [0.3, 0.4) is 0 Å². The highest BCUT2D eigenvalue weighted by Gasteiger charge is 2.28. The van der Waals surface area contributed by atoms with Crippen LogP contribution >= 0.6 is 11.3 Å². The molecule has 1 aromatic rings. The van der Waals surface area contributed by atoms with Crippen LogP contribution in [-0.4, -0.2) is 11.8 Å². The van der Waals surface area contributed by atoms with Crippen molar-refractivity contribution >= 4 is 28.2 Å². The zero-order valence-electron chi connectivity index (χ0n) is 15.3. The van der Waals surface area contributed by atoms with Gasteiger partial charge in [-0.25, -0.2) is 0 Å². The van der Waals surface area contributed by atoms with E-state index < -0.39 is 5.91 Å². The maximum atomic E-state index is 12.5. The summed E-state index contributed by atoms with van der Waals surface area (Å²) in [6, 6.07) is 0. The van der Waals surface area contributed by atoms with Gasteiger partial charge in [-0.3, -0.25) is 9.59 Å². The third kappa shape index (κ3) is 4.38. The van der Waals surface area contributed by atoms with Crippen LogP contribution in [0, 0.1) is 11.3 Å². The van der Waals surface area contributed by atoms with Crippen molar-refractivity contribution in [2.45, 2.75) is 72.6 Å². The molecular weight excluding hydrogens is 320 g/mol. The molecule has 134 valence electrons. The Balaban J connectivity index is 2.20. The molecule has 0 bridgehead atoms. The number of aryl methyl sites for hydroxylation is 1. The van der Waals surface area contributed by atoms with Crippen LogP contribution in [-0.2, 0) is 17.6 Å². The van der Waals surface area contributed by atoms with Gasteiger partial charge in [-0.15, -0.1) is 11.3 Å². The Morgan fingerprint density at radius 3 is 2.46 bits per heavy atom. The van der Waals surface area contributed by atoms with Gasteiger partial charge in [0.2, 0.25) is 5.91 Å². The molecule has 0 radical (unpaired) electrons. The molecule has 3 N–H and O–H groups in total. The molecule has 0 aliphatic heterocycles. The van der Waals surface area contributed by atoms with Crippen LogP contribution in [0.5, 0.6) is 0 Å². The smallest absolute Gasteiger partial charge is 0.251 e. The van der Waals surface area contributed by atoms with Crippen LogP contribution < -0.4 is 11.1 Å². The van der Waals surface area contributed by atoms with E-state index in [4.69, 9.17) is 5.73 Å². The number of hydrogen-bond acceptors (Lipinski definition) is 3. The third-order valence-electron chi connectivity index (χ3n) is 5.07. The van der Waals surface area contributed by atoms with Gasteiger partial charge in [0.15, 0.2) is 0 Å². The van der Waals surface area contributed by atoms with Crippen LogP contribution in [0.2, 0.25) is 0 Å². The summed E-state index contributed by atoms with van der Waals surface area (Å²) in [5.74, 6) is -0.129. The molecule has 1 unspecified atom stereocenters. The summed E-state index contributed by atoms with van der Waals surface area (Å²) >= 11 is 1.54. The van der Waals surface area contributed by atoms with Crippen molar-refractivity contribution in [2.24, 2.45) is 17.1 Å². The summed E-state index contributed by atoms with van der Waals surface area (Å²) in [4.78, 5) is 25.7. The molecule has 0 saturated carbocycles. The lowest BCUT2D eigenvalue weighted by Crippen LogP contribution is -2.26. The van der Waals surface area contributed by atoms with Gasteiger partial charge in [0, 0.05) is 11.3 Å². The minimum absolute atomic E-state index is 0.0179. The Morgan fingerprint density at radius 2 is 1.88 bits per heavy atom. The lowest BCUT2D eigenvalue weighted by atomic mass is 9.77. The monoisotopic (exact) mass is 350 g/mol. The van der Waals surface area contributed by atoms with Crippen molar-refractivity contribution in [1.82, 2.24) is 0 Å². The first-order valence-electron chi connectivity index (χ1n) is 8.98. The molecule has 1 aliphatic rings. The van der Waals surface area contributed by atoms with Gasteiger partial charge in [0.25, 0.3) is 5.91 Å². The predicted octanol–water partition coefficient (Wildman–Crippen LogP) is 4.52. The van der Waals surface area contributed by atoms with Crippen molar-refractivity contribution in [3.63, 3.8) is 0 Å². The number of nitrogens with two attached hydrogens (primary N) is 1. The Labute approximate surface area is 149 Å². The summed E-state index contributed by atoms with van der Waals surface area (Å²) in [6.07, 6.45) is 6.71. The maximum absolute atomic E-state index is 12.5. The van der Waals surface area contributed by atoms with E-state index in [1.807, 2.05) is 0 Å². The number of rotatable bonds is 5. The molecule has 0 spiro atoms. The van der Waals surface area contributed by atoms with Crippen molar-refractivity contribution in [2.75, 3.05) is 5.32 Å². The minimum atomic E-state index is -0.424. The van der Waals surface area contributed by atoms with E-state index in [-0.39, 0.29) is 11.3 Å². The number of carbonyl (C=O) groups excluding carboxylic acids is 2. The largest absolute Gasteiger partial charge is 0.365 e. The number of amides is 2. The first-order valence-corrected chi connectivity index (χ1v) is 9.79. The van der Waals surface area contributed by atoms with E-state index in [0.29, 0.717) is 22.9 Å². The number of nitrogens with one attached hydrogen (secondary N) is 1. The Morgan fingerprint density at radius 1 is 1.21 bits per heavy atom. The zero-order valence-corrected chi connectivity index (χ0v) is 16.1. The fraction of sp³-hybridized carbons (Fsp3) is 0.684. The van der Waals surface area contributed by atoms with Gasteiger partial charge < -0.3 is 11.1 Å². The second-order valence-electron chi connectivity index (χ2n) is 7.86. The highest BCUT2D eigenvalue weighted by molar-refractivity contribution is 7.17. The summed E-state index contributed by atoms with van der Waals surface area (Å²) in [7, 11) is 0. The molecule has 1 aliphatic carbocycles. The standard InChI is InChI=1S/C19H30N2O2S/c1-5-12(19(2,3)4)11-15(22)21-18-16(17(20)23)13-9-7-6-8-10-14(13)24-18/h12H,5-11H2,1-4H3,(H2,20,23)(H,21,22). The molecule has 24 heavy (non-hydrogen) atoms. The normalized spacial score (nSPS) is 16.2. The first kappa shape index (κ1) is 19.0. The minimum Gasteiger partial charge on any atom is -0.365 e. The molecule has 0 aromatic carbocycles. The fourth-order valence-electron chi connectivity index (χ4n) is 3.56. The third-order valence-corrected chi connectivity index (χ3v) is 6.28. The molecular formula is C19H30N2O2S. The topological polar surface area (TPSA) is 72.2 Å². The summed E-state index contributed by atoms with van der Waals surface area (Å²) < 4.78 is 0. The molecule has 4 nitrogen and oxygen atoms in total. The van der Waals surface area contributed by atoms with E-state index >= 15 is 0 Å². The van der Waals surface area contributed by atoms with Crippen LogP contribution in [0.15, 0.2) is 0 Å². The van der Waals surface area contributed by atoms with E-state index in [1.54, 1.807) is 11.3 Å². The lowest BCUT2D eigenvalue weighted by molar-refractivity contribution is -0.117. The van der Waals surface area contributed by atoms with Gasteiger partial charge in [-0.1, -0.05) is 40.5 Å². The average Bonchev–Trinajstić information content (AvgIpc) is 2.64. The second-order valence-corrected chi connectivity index (χ2v) is 8.96. The Kier molecular flexibility index (Phi) is 6.07. The van der Waals surface area contributed by atoms with Crippen molar-refractivity contribution < 1.29 is 9.59 Å². The Hall–Kier alpha value is -1.36. The van der Waals surface area contributed by atoms with E-state index in [1.165, 1.54) is 11.3 Å². The zero-order chi connectivity index (χ0) is 17.9. The summed E-state index contributed by atoms with van der Waals surface area (Å²) in [5.41, 5.74) is 7.33. The SMILES string of the molecule is CCC(CC(=O)Nc1sc2c(c1C(N)=O)CCCCC2)C(C)(C)C. The second kappa shape index (κ2) is 7.68. The Bertz CT molecular complexity index is 614. The van der Waals surface area contributed by atoms with Crippen LogP contribution in [0.4, 0.5) is 5.00 Å². The number of fused-ring (bicyclic) bond motifs is 1. The maximum Gasteiger partial charge on any atom is 0.251 e. The van der Waals surface area contributed by atoms with Gasteiger partial charge >= 0.3 is 0 Å². The van der Waals surface area contributed by atoms with Gasteiger partial charge in [0.1, 0.15) is 5.00 Å². The first-order chi connectivity index (χ1) is 11.2. The van der Waals surface area contributed by atoms with Gasteiger partial charge in [0.05, 0.1) is 5.56 Å². The number of anilines is 1. The molecule has 1 heterocycles. The predicted molar refractivity (Wildman–Crippen MR) is 101 cm³/mol. The number of carbonyl (C=O) groups is 2. The quantitative estimate of drug-likeness (QED) is 0.767. The highest BCUT2D eigenvalue weighted by Crippen LogP contribution is 2.38. The van der Waals surface area contributed by atoms with Crippen LogP contribution in [0.1, 0.15) is 80.6 Å². The molecule has 2 amide bonds. The van der Waals surface area contributed by atoms with Crippen LogP contribution in [0.25, 0.3) is 0 Å². The molecule has 1 atom stereocenters. The molecule has 2 rings (SSSR count). The van der Waals surface area contributed by atoms with Gasteiger partial charge in [-0.2, -0.15) is 0 Å². The number of primary amides is 1. The van der Waals surface area contributed by atoms with Crippen molar-refractivity contribution in [3.05, 3.63) is 16.0 Å². The lowest BCUT2D eigenvalue weighted by Gasteiger charge is -2.29. The molecule has 1 aromatic heterocycles. The van der Waals surface area contributed by atoms with E-state index in [2.05, 4.69) is 33.0 Å². The average molecular weight is 351 g/mol. The van der Waals surface area contributed by atoms with Gasteiger partial charge in [-0.05, 0) is 42.6 Å². The van der Waals surface area contributed by atoms with E-state index in [0.717, 1.165) is 37.7 Å². The number of hydrogen-bond donors (Lipinski definition) is 2. The highest BCUT2D eigenvalue weighted by atomic mass is 32.1. The summed E-state index contributed by atoms with van der Waals surface area (Å²) in [5, 5.41) is 3.64. The molecule has 0 saturated heterocycles. The fourth-order valence-corrected chi connectivity index (χ4v) is 4.87. The van der Waals surface area contributed by atoms with Crippen molar-refractivity contribution in [3.8, 4) is 0 Å². The number of thiophene rings is 1. The summed E-state index contributed by atoms with van der Waals surface area (Å²) in [6.45, 7) is 8.61. The molecule has 0 fully saturated rings. The van der Waals surface area contributed by atoms with Crippen molar-refractivity contribution in [1.29, 1.82) is 0 Å². The molecule has 5 heteroatoms.